The maximum absolute atomic E-state index is 13.4. The van der Waals surface area contributed by atoms with Crippen molar-refractivity contribution in [2.24, 2.45) is 5.73 Å². The van der Waals surface area contributed by atoms with Crippen molar-refractivity contribution in [3.63, 3.8) is 0 Å². The molecule has 0 bridgehead atoms. The first-order valence-corrected chi connectivity index (χ1v) is 12.1. The fraction of sp³-hybridized carbons (Fsp3) is 0.333. The Kier molecular flexibility index (Phi) is 7.46. The van der Waals surface area contributed by atoms with E-state index in [9.17, 15) is 18.0 Å². The molecule has 1 saturated heterocycles. The zero-order valence-electron chi connectivity index (χ0n) is 17.6. The molecule has 11 heteroatoms. The summed E-state index contributed by atoms with van der Waals surface area (Å²) in [6.07, 6.45) is -1.37. The Morgan fingerprint density at radius 3 is 2.41 bits per heavy atom. The number of nitrogens with one attached hydrogen (secondary N) is 1. The van der Waals surface area contributed by atoms with Crippen LogP contribution in [-0.2, 0) is 14.8 Å². The van der Waals surface area contributed by atoms with Gasteiger partial charge in [-0.15, -0.1) is 0 Å². The molecule has 172 valence electrons. The van der Waals surface area contributed by atoms with Gasteiger partial charge in [0.2, 0.25) is 10.0 Å². The lowest BCUT2D eigenvalue weighted by molar-refractivity contribution is -0.127. The minimum atomic E-state index is -4.16. The van der Waals surface area contributed by atoms with Crippen LogP contribution in [0.3, 0.4) is 0 Å². The Labute approximate surface area is 197 Å². The maximum atomic E-state index is 13.4. The molecule has 0 saturated carbocycles. The number of halogens is 2. The van der Waals surface area contributed by atoms with Crippen molar-refractivity contribution in [3.05, 3.63) is 63.1 Å². The number of nitrogens with two attached hydrogens (primary N) is 1. The molecule has 0 spiro atoms. The van der Waals surface area contributed by atoms with Crippen LogP contribution in [0.2, 0.25) is 10.0 Å². The molecule has 3 rings (SSSR count). The number of benzene rings is 2. The normalized spacial score (nSPS) is 16.9. The highest BCUT2D eigenvalue weighted by Gasteiger charge is 2.46. The number of carbonyl (C=O) groups is 2. The van der Waals surface area contributed by atoms with E-state index in [-0.39, 0.29) is 41.1 Å². The zero-order valence-corrected chi connectivity index (χ0v) is 20.0. The number of aryl methyl sites for hydroxylation is 2. The lowest BCUT2D eigenvalue weighted by Crippen LogP contribution is -2.54. The van der Waals surface area contributed by atoms with Crippen molar-refractivity contribution < 1.29 is 18.0 Å². The second-order valence-electron chi connectivity index (χ2n) is 7.44. The number of nitrogens with zero attached hydrogens (tertiary/aromatic N) is 2. The van der Waals surface area contributed by atoms with Crippen molar-refractivity contribution in [1.82, 2.24) is 14.5 Å². The minimum Gasteiger partial charge on any atom is -0.352 e. The lowest BCUT2D eigenvalue weighted by Gasteiger charge is -2.29. The summed E-state index contributed by atoms with van der Waals surface area (Å²) in [4.78, 5) is 27.4. The van der Waals surface area contributed by atoms with E-state index < -0.39 is 28.0 Å². The molecule has 0 aliphatic carbocycles. The number of amides is 2. The summed E-state index contributed by atoms with van der Waals surface area (Å²) in [5.74, 6) is -1.07. The number of hydrogen-bond acceptors (Lipinski definition) is 5. The van der Waals surface area contributed by atoms with Gasteiger partial charge in [0.05, 0.1) is 14.9 Å². The Balaban J connectivity index is 2.00. The fourth-order valence-electron chi connectivity index (χ4n) is 3.44. The fourth-order valence-corrected chi connectivity index (χ4v) is 5.38. The summed E-state index contributed by atoms with van der Waals surface area (Å²) in [5, 5.41) is 2.87. The Hall–Kier alpha value is -2.17. The van der Waals surface area contributed by atoms with Gasteiger partial charge in [0.1, 0.15) is 0 Å². The highest BCUT2D eigenvalue weighted by atomic mass is 35.5. The van der Waals surface area contributed by atoms with E-state index in [2.05, 4.69) is 5.32 Å². The molecule has 1 aliphatic heterocycles. The van der Waals surface area contributed by atoms with Crippen LogP contribution in [0.5, 0.6) is 0 Å². The first kappa shape index (κ1) is 24.5. The average Bonchev–Trinajstić information content (AvgIpc) is 3.21. The SMILES string of the molecule is Cc1ccc(C(=O)N2CCN(S(=O)(=O)c3ccc(Cl)c(Cl)c3)C2C(=O)NCCN)cc1C. The molecule has 1 aliphatic rings. The predicted octanol–water partition coefficient (Wildman–Crippen LogP) is 2.16. The summed E-state index contributed by atoms with van der Waals surface area (Å²) in [6, 6.07) is 9.10. The van der Waals surface area contributed by atoms with E-state index in [4.69, 9.17) is 28.9 Å². The largest absolute Gasteiger partial charge is 0.352 e. The quantitative estimate of drug-likeness (QED) is 0.633. The van der Waals surface area contributed by atoms with Gasteiger partial charge in [0.15, 0.2) is 6.17 Å². The summed E-state index contributed by atoms with van der Waals surface area (Å²) < 4.78 is 27.7. The van der Waals surface area contributed by atoms with Gasteiger partial charge in [0, 0.05) is 31.7 Å². The van der Waals surface area contributed by atoms with Crippen molar-refractivity contribution in [1.29, 1.82) is 0 Å². The van der Waals surface area contributed by atoms with Crippen LogP contribution < -0.4 is 11.1 Å². The Morgan fingerprint density at radius 1 is 1.06 bits per heavy atom. The third-order valence-corrected chi connectivity index (χ3v) is 7.91. The molecular weight excluding hydrogens is 475 g/mol. The Morgan fingerprint density at radius 2 is 1.78 bits per heavy atom. The molecule has 0 aromatic heterocycles. The van der Waals surface area contributed by atoms with Crippen LogP contribution >= 0.6 is 23.2 Å². The summed E-state index contributed by atoms with van der Waals surface area (Å²) in [7, 11) is -4.16. The zero-order chi connectivity index (χ0) is 23.6. The summed E-state index contributed by atoms with van der Waals surface area (Å²) in [6.45, 7) is 4.11. The smallest absolute Gasteiger partial charge is 0.259 e. The second-order valence-corrected chi connectivity index (χ2v) is 10.1. The predicted molar refractivity (Wildman–Crippen MR) is 123 cm³/mol. The number of sulfonamides is 1. The number of hydrogen-bond donors (Lipinski definition) is 2. The van der Waals surface area contributed by atoms with Gasteiger partial charge in [-0.05, 0) is 55.3 Å². The molecule has 8 nitrogen and oxygen atoms in total. The molecule has 1 unspecified atom stereocenters. The summed E-state index contributed by atoms with van der Waals surface area (Å²) in [5.41, 5.74) is 7.79. The molecule has 32 heavy (non-hydrogen) atoms. The van der Waals surface area contributed by atoms with Crippen LogP contribution in [0.15, 0.2) is 41.3 Å². The van der Waals surface area contributed by atoms with Gasteiger partial charge in [-0.25, -0.2) is 8.42 Å². The van der Waals surface area contributed by atoms with Crippen LogP contribution in [-0.4, -0.2) is 61.8 Å². The van der Waals surface area contributed by atoms with E-state index in [0.29, 0.717) is 5.56 Å². The van der Waals surface area contributed by atoms with Crippen LogP contribution in [0, 0.1) is 13.8 Å². The second kappa shape index (κ2) is 9.76. The molecular formula is C21H24Cl2N4O4S. The van der Waals surface area contributed by atoms with E-state index in [1.165, 1.54) is 23.1 Å². The monoisotopic (exact) mass is 498 g/mol. The maximum Gasteiger partial charge on any atom is 0.259 e. The lowest BCUT2D eigenvalue weighted by atomic mass is 10.1. The van der Waals surface area contributed by atoms with Crippen molar-refractivity contribution in [3.8, 4) is 0 Å². The molecule has 2 aromatic rings. The molecule has 3 N–H and O–H groups in total. The van der Waals surface area contributed by atoms with Crippen LogP contribution in [0.1, 0.15) is 21.5 Å². The first-order valence-electron chi connectivity index (χ1n) is 9.91. The van der Waals surface area contributed by atoms with E-state index >= 15 is 0 Å². The van der Waals surface area contributed by atoms with E-state index in [1.54, 1.807) is 12.1 Å². The third-order valence-electron chi connectivity index (χ3n) is 5.32. The van der Waals surface area contributed by atoms with Gasteiger partial charge in [-0.1, -0.05) is 29.3 Å². The van der Waals surface area contributed by atoms with E-state index in [0.717, 1.165) is 15.4 Å². The van der Waals surface area contributed by atoms with Crippen LogP contribution in [0.25, 0.3) is 0 Å². The topological polar surface area (TPSA) is 113 Å². The van der Waals surface area contributed by atoms with Gasteiger partial charge in [-0.2, -0.15) is 4.31 Å². The third kappa shape index (κ3) is 4.77. The van der Waals surface area contributed by atoms with Gasteiger partial charge in [-0.3, -0.25) is 9.59 Å². The highest BCUT2D eigenvalue weighted by Crippen LogP contribution is 2.30. The van der Waals surface area contributed by atoms with Crippen molar-refractivity contribution >= 4 is 45.0 Å². The number of rotatable bonds is 6. The van der Waals surface area contributed by atoms with Crippen LogP contribution in [0.4, 0.5) is 0 Å². The highest BCUT2D eigenvalue weighted by molar-refractivity contribution is 7.89. The standard InChI is InChI=1S/C21H24Cl2N4O4S/c1-13-3-4-15(11-14(13)2)21(29)26-9-10-27(20(26)19(28)25-8-7-24)32(30,31)16-5-6-17(22)18(23)12-16/h3-6,11-12,20H,7-10,24H2,1-2H3,(H,25,28). The molecule has 1 atom stereocenters. The summed E-state index contributed by atoms with van der Waals surface area (Å²) >= 11 is 11.9. The average molecular weight is 499 g/mol. The molecule has 1 fully saturated rings. The molecule has 2 aromatic carbocycles. The van der Waals surface area contributed by atoms with Gasteiger partial charge in [0.25, 0.3) is 11.8 Å². The number of carbonyl (C=O) groups excluding carboxylic acids is 2. The molecule has 0 radical (unpaired) electrons. The molecule has 2 amide bonds. The first-order chi connectivity index (χ1) is 15.1. The van der Waals surface area contributed by atoms with Crippen molar-refractivity contribution in [2.45, 2.75) is 24.9 Å². The van der Waals surface area contributed by atoms with Crippen molar-refractivity contribution in [2.75, 3.05) is 26.2 Å². The minimum absolute atomic E-state index is 0.0486. The van der Waals surface area contributed by atoms with Gasteiger partial charge >= 0.3 is 0 Å². The van der Waals surface area contributed by atoms with Gasteiger partial charge < -0.3 is 16.0 Å². The molecule has 1 heterocycles. The Bertz CT molecular complexity index is 1160. The van der Waals surface area contributed by atoms with E-state index in [1.807, 2.05) is 19.9 Å².